The number of carbonyl (C=O) groups excluding carboxylic acids is 1. The van der Waals surface area contributed by atoms with E-state index in [1.807, 2.05) is 0 Å². The first kappa shape index (κ1) is 15.7. The first-order valence-electron chi connectivity index (χ1n) is 6.11. The van der Waals surface area contributed by atoms with E-state index in [-0.39, 0.29) is 10.8 Å². The molecule has 0 heterocycles. The highest BCUT2D eigenvalue weighted by atomic mass is 32.2. The molecule has 1 amide bonds. The molecule has 0 aliphatic heterocycles. The summed E-state index contributed by atoms with van der Waals surface area (Å²) in [5.74, 6) is 0.485. The Morgan fingerprint density at radius 1 is 1.26 bits per heavy atom. The molecule has 0 saturated carbocycles. The van der Waals surface area contributed by atoms with E-state index in [9.17, 15) is 13.2 Å². The van der Waals surface area contributed by atoms with Crippen molar-refractivity contribution in [1.82, 2.24) is 0 Å². The number of hydrogen-bond donors (Lipinski definition) is 1. The smallest absolute Gasteiger partial charge is 0.238 e. The van der Waals surface area contributed by atoms with Crippen LogP contribution < -0.4 is 10.0 Å². The Balaban J connectivity index is 2.78. The standard InChI is InChI=1S/C13H20N2O3S/c1-10(2)4-9-13(16)15(3)11-5-7-12(8-6-11)19(14,17)18/h5-8,10H,4,9H2,1-3H3,(H2,14,17,18). The van der Waals surface area contributed by atoms with Crippen molar-refractivity contribution >= 4 is 21.6 Å². The van der Waals surface area contributed by atoms with Crippen LogP contribution in [0.3, 0.4) is 0 Å². The summed E-state index contributed by atoms with van der Waals surface area (Å²) in [7, 11) is -2.02. The molecule has 1 rings (SSSR count). The molecule has 1 aromatic carbocycles. The van der Waals surface area contributed by atoms with E-state index in [0.29, 0.717) is 18.0 Å². The Bertz CT molecular complexity index is 536. The molecular formula is C13H20N2O3S. The van der Waals surface area contributed by atoms with Gasteiger partial charge in [-0.15, -0.1) is 0 Å². The highest BCUT2D eigenvalue weighted by Gasteiger charge is 2.13. The summed E-state index contributed by atoms with van der Waals surface area (Å²) >= 11 is 0. The van der Waals surface area contributed by atoms with Gasteiger partial charge in [-0.25, -0.2) is 13.6 Å². The molecular weight excluding hydrogens is 264 g/mol. The monoisotopic (exact) mass is 284 g/mol. The SMILES string of the molecule is CC(C)CCC(=O)N(C)c1ccc(S(N)(=O)=O)cc1. The second kappa shape index (κ2) is 6.16. The third-order valence-electron chi connectivity index (χ3n) is 2.86. The molecule has 0 aliphatic carbocycles. The molecule has 0 spiro atoms. The summed E-state index contributed by atoms with van der Waals surface area (Å²) in [4.78, 5) is 13.5. The fourth-order valence-corrected chi connectivity index (χ4v) is 2.10. The predicted molar refractivity (Wildman–Crippen MR) is 75.3 cm³/mol. The van der Waals surface area contributed by atoms with E-state index in [4.69, 9.17) is 5.14 Å². The number of anilines is 1. The largest absolute Gasteiger partial charge is 0.316 e. The van der Waals surface area contributed by atoms with Crippen molar-refractivity contribution in [3.63, 3.8) is 0 Å². The van der Waals surface area contributed by atoms with E-state index in [0.717, 1.165) is 6.42 Å². The molecule has 2 N–H and O–H groups in total. The molecule has 5 nitrogen and oxygen atoms in total. The fourth-order valence-electron chi connectivity index (χ4n) is 1.58. The molecule has 0 radical (unpaired) electrons. The van der Waals surface area contributed by atoms with Crippen LogP contribution >= 0.6 is 0 Å². The summed E-state index contributed by atoms with van der Waals surface area (Å²) in [5, 5.41) is 5.02. The van der Waals surface area contributed by atoms with Crippen molar-refractivity contribution in [2.75, 3.05) is 11.9 Å². The van der Waals surface area contributed by atoms with Gasteiger partial charge in [0, 0.05) is 19.2 Å². The van der Waals surface area contributed by atoms with Crippen molar-refractivity contribution in [2.45, 2.75) is 31.6 Å². The lowest BCUT2D eigenvalue weighted by Gasteiger charge is -2.18. The van der Waals surface area contributed by atoms with Crippen LogP contribution in [-0.4, -0.2) is 21.4 Å². The maximum atomic E-state index is 11.9. The average Bonchev–Trinajstić information content (AvgIpc) is 2.34. The molecule has 0 bridgehead atoms. The van der Waals surface area contributed by atoms with Crippen LogP contribution in [0.1, 0.15) is 26.7 Å². The van der Waals surface area contributed by atoms with Gasteiger partial charge in [0.15, 0.2) is 0 Å². The lowest BCUT2D eigenvalue weighted by molar-refractivity contribution is -0.118. The lowest BCUT2D eigenvalue weighted by Crippen LogP contribution is -2.26. The minimum absolute atomic E-state index is 0.0112. The molecule has 0 atom stereocenters. The zero-order valence-electron chi connectivity index (χ0n) is 11.5. The van der Waals surface area contributed by atoms with Gasteiger partial charge in [0.25, 0.3) is 0 Å². The van der Waals surface area contributed by atoms with E-state index in [1.165, 1.54) is 17.0 Å². The predicted octanol–water partition coefficient (Wildman–Crippen LogP) is 1.73. The van der Waals surface area contributed by atoms with Crippen LogP contribution in [0.25, 0.3) is 0 Å². The van der Waals surface area contributed by atoms with Crippen molar-refractivity contribution in [2.24, 2.45) is 11.1 Å². The number of carbonyl (C=O) groups is 1. The van der Waals surface area contributed by atoms with Crippen LogP contribution in [0.2, 0.25) is 0 Å². The molecule has 0 fully saturated rings. The average molecular weight is 284 g/mol. The summed E-state index contributed by atoms with van der Waals surface area (Å²) < 4.78 is 22.2. The third kappa shape index (κ3) is 4.65. The molecule has 0 aliphatic rings. The number of nitrogens with two attached hydrogens (primary N) is 1. The van der Waals surface area contributed by atoms with Crippen LogP contribution in [0, 0.1) is 5.92 Å². The summed E-state index contributed by atoms with van der Waals surface area (Å²) in [6.45, 7) is 4.13. The topological polar surface area (TPSA) is 80.5 Å². The van der Waals surface area contributed by atoms with Crippen molar-refractivity contribution < 1.29 is 13.2 Å². The maximum absolute atomic E-state index is 11.9. The number of hydrogen-bond acceptors (Lipinski definition) is 3. The van der Waals surface area contributed by atoms with Crippen molar-refractivity contribution in [3.8, 4) is 0 Å². The van der Waals surface area contributed by atoms with Gasteiger partial charge >= 0.3 is 0 Å². The minimum atomic E-state index is -3.69. The molecule has 0 saturated heterocycles. The Labute approximate surface area is 114 Å². The Morgan fingerprint density at radius 3 is 2.21 bits per heavy atom. The van der Waals surface area contributed by atoms with Gasteiger partial charge in [0.1, 0.15) is 0 Å². The van der Waals surface area contributed by atoms with Gasteiger partial charge in [-0.1, -0.05) is 13.8 Å². The highest BCUT2D eigenvalue weighted by molar-refractivity contribution is 7.89. The van der Waals surface area contributed by atoms with E-state index in [1.54, 1.807) is 19.2 Å². The molecule has 19 heavy (non-hydrogen) atoms. The highest BCUT2D eigenvalue weighted by Crippen LogP contribution is 2.17. The van der Waals surface area contributed by atoms with E-state index in [2.05, 4.69) is 13.8 Å². The van der Waals surface area contributed by atoms with Gasteiger partial charge in [0.2, 0.25) is 15.9 Å². The molecule has 1 aromatic rings. The first-order valence-corrected chi connectivity index (χ1v) is 7.66. The number of primary sulfonamides is 1. The van der Waals surface area contributed by atoms with Crippen LogP contribution in [0.5, 0.6) is 0 Å². The summed E-state index contributed by atoms with van der Waals surface area (Å²) in [6, 6.07) is 5.95. The second-order valence-electron chi connectivity index (χ2n) is 4.92. The third-order valence-corrected chi connectivity index (χ3v) is 3.79. The van der Waals surface area contributed by atoms with Gasteiger partial charge < -0.3 is 4.90 Å². The van der Waals surface area contributed by atoms with Gasteiger partial charge in [-0.3, -0.25) is 4.79 Å². The second-order valence-corrected chi connectivity index (χ2v) is 6.49. The normalized spacial score (nSPS) is 11.6. The summed E-state index contributed by atoms with van der Waals surface area (Å²) in [6.07, 6.45) is 1.31. The van der Waals surface area contributed by atoms with Crippen molar-refractivity contribution in [3.05, 3.63) is 24.3 Å². The number of benzene rings is 1. The number of sulfonamides is 1. The molecule has 6 heteroatoms. The molecule has 106 valence electrons. The lowest BCUT2D eigenvalue weighted by atomic mass is 10.1. The quantitative estimate of drug-likeness (QED) is 0.894. The molecule has 0 unspecified atom stereocenters. The molecule has 0 aromatic heterocycles. The number of nitrogens with zero attached hydrogens (tertiary/aromatic N) is 1. The maximum Gasteiger partial charge on any atom is 0.238 e. The van der Waals surface area contributed by atoms with Gasteiger partial charge in [0.05, 0.1) is 4.90 Å². The Hall–Kier alpha value is -1.40. The minimum Gasteiger partial charge on any atom is -0.316 e. The number of rotatable bonds is 5. The Morgan fingerprint density at radius 2 is 1.79 bits per heavy atom. The van der Waals surface area contributed by atoms with Crippen LogP contribution in [0.4, 0.5) is 5.69 Å². The van der Waals surface area contributed by atoms with Gasteiger partial charge in [-0.05, 0) is 36.6 Å². The van der Waals surface area contributed by atoms with Gasteiger partial charge in [-0.2, -0.15) is 0 Å². The Kier molecular flexibility index (Phi) is 5.08. The van der Waals surface area contributed by atoms with Crippen molar-refractivity contribution in [1.29, 1.82) is 0 Å². The zero-order chi connectivity index (χ0) is 14.6. The summed E-state index contributed by atoms with van der Waals surface area (Å²) in [5.41, 5.74) is 0.654. The van der Waals surface area contributed by atoms with E-state index >= 15 is 0 Å². The van der Waals surface area contributed by atoms with Crippen LogP contribution in [0.15, 0.2) is 29.2 Å². The first-order chi connectivity index (χ1) is 8.71. The zero-order valence-corrected chi connectivity index (χ0v) is 12.3. The fraction of sp³-hybridized carbons (Fsp3) is 0.462. The van der Waals surface area contributed by atoms with Crippen LogP contribution in [-0.2, 0) is 14.8 Å². The van der Waals surface area contributed by atoms with E-state index < -0.39 is 10.0 Å². The number of amides is 1.